The maximum atomic E-state index is 14.4. The first kappa shape index (κ1) is 22.0. The molecule has 0 saturated carbocycles. The van der Waals surface area contributed by atoms with E-state index in [0.717, 1.165) is 12.2 Å². The predicted octanol–water partition coefficient (Wildman–Crippen LogP) is 4.56. The molecule has 0 heterocycles. The van der Waals surface area contributed by atoms with Crippen molar-refractivity contribution in [3.8, 4) is 0 Å². The number of alkyl halides is 7. The van der Waals surface area contributed by atoms with E-state index in [1.807, 2.05) is 0 Å². The molecule has 0 saturated heterocycles. The van der Waals surface area contributed by atoms with E-state index in [2.05, 4.69) is 0 Å². The van der Waals surface area contributed by atoms with E-state index in [0.29, 0.717) is 0 Å². The van der Waals surface area contributed by atoms with Gasteiger partial charge in [-0.05, 0) is 54.0 Å². The van der Waals surface area contributed by atoms with E-state index in [4.69, 9.17) is 0 Å². The lowest BCUT2D eigenvalue weighted by Gasteiger charge is -2.37. The summed E-state index contributed by atoms with van der Waals surface area (Å²) in [4.78, 5) is 11.1. The SMILES string of the molecule is O=C([O-])C1C(CCCC=CCC(F)(F)F)=CC(I)=CC1(F)C(F)(F)F. The Morgan fingerprint density at radius 3 is 2.32 bits per heavy atom. The minimum atomic E-state index is -5.44. The van der Waals surface area contributed by atoms with E-state index >= 15 is 0 Å². The molecule has 25 heavy (non-hydrogen) atoms. The lowest BCUT2D eigenvalue weighted by atomic mass is 9.77. The summed E-state index contributed by atoms with van der Waals surface area (Å²) in [7, 11) is 0. The molecule has 0 aromatic carbocycles. The van der Waals surface area contributed by atoms with Gasteiger partial charge in [0.05, 0.1) is 18.3 Å². The standard InChI is InChI=1S/C15H14F7IO2/c16-13(15(20,21)22)8-10(23)7-9(11(13)12(24)25)5-3-1-2-4-6-14(17,18)19/h2,4,7-8,11H,1,3,5-6H2,(H,24,25)/p-1. The smallest absolute Gasteiger partial charge is 0.427 e. The lowest BCUT2D eigenvalue weighted by Crippen LogP contribution is -2.54. The highest BCUT2D eigenvalue weighted by Gasteiger charge is 2.61. The van der Waals surface area contributed by atoms with E-state index < -0.39 is 36.3 Å². The largest absolute Gasteiger partial charge is 0.549 e. The van der Waals surface area contributed by atoms with Crippen LogP contribution < -0.4 is 5.11 Å². The van der Waals surface area contributed by atoms with E-state index in [1.54, 1.807) is 0 Å². The monoisotopic (exact) mass is 485 g/mol. The first-order valence-corrected chi connectivity index (χ1v) is 8.13. The van der Waals surface area contributed by atoms with E-state index in [-0.39, 0.29) is 34.5 Å². The highest BCUT2D eigenvalue weighted by atomic mass is 127. The molecule has 0 aliphatic heterocycles. The molecule has 0 bridgehead atoms. The van der Waals surface area contributed by atoms with Gasteiger partial charge in [-0.3, -0.25) is 0 Å². The summed E-state index contributed by atoms with van der Waals surface area (Å²) in [5.41, 5.74) is -4.39. The highest BCUT2D eigenvalue weighted by molar-refractivity contribution is 14.1. The molecule has 142 valence electrons. The van der Waals surface area contributed by atoms with Crippen LogP contribution in [0.15, 0.2) is 33.5 Å². The highest BCUT2D eigenvalue weighted by Crippen LogP contribution is 2.48. The van der Waals surface area contributed by atoms with Crippen molar-refractivity contribution in [3.63, 3.8) is 0 Å². The van der Waals surface area contributed by atoms with Crippen LogP contribution >= 0.6 is 22.6 Å². The van der Waals surface area contributed by atoms with Crippen LogP contribution in [0.5, 0.6) is 0 Å². The second-order valence-corrected chi connectivity index (χ2v) is 6.69. The molecule has 0 aromatic heterocycles. The Kier molecular flexibility index (Phi) is 7.11. The second-order valence-electron chi connectivity index (χ2n) is 5.45. The zero-order valence-corrected chi connectivity index (χ0v) is 14.7. The number of carbonyl (C=O) groups excluding carboxylic acids is 1. The van der Waals surface area contributed by atoms with Crippen LogP contribution in [0.25, 0.3) is 0 Å². The summed E-state index contributed by atoms with van der Waals surface area (Å²) in [6.45, 7) is 0. The van der Waals surface area contributed by atoms with Crippen molar-refractivity contribution in [2.24, 2.45) is 5.92 Å². The average molecular weight is 485 g/mol. The fraction of sp³-hybridized carbons (Fsp3) is 0.533. The van der Waals surface area contributed by atoms with Gasteiger partial charge in [0, 0.05) is 3.58 Å². The molecule has 10 heteroatoms. The van der Waals surface area contributed by atoms with Crippen LogP contribution in [0.2, 0.25) is 0 Å². The third-order valence-corrected chi connectivity index (χ3v) is 4.11. The molecule has 0 aromatic rings. The molecule has 2 atom stereocenters. The van der Waals surface area contributed by atoms with Gasteiger partial charge in [0.1, 0.15) is 0 Å². The van der Waals surface area contributed by atoms with Gasteiger partial charge in [-0.15, -0.1) is 0 Å². The zero-order valence-electron chi connectivity index (χ0n) is 12.6. The Morgan fingerprint density at radius 2 is 1.84 bits per heavy atom. The van der Waals surface area contributed by atoms with Crippen molar-refractivity contribution in [3.05, 3.63) is 33.5 Å². The summed E-state index contributed by atoms with van der Waals surface area (Å²) in [6.07, 6.45) is -7.62. The van der Waals surface area contributed by atoms with E-state index in [9.17, 15) is 40.6 Å². The molecule has 0 fully saturated rings. The van der Waals surface area contributed by atoms with Crippen LogP contribution in [-0.2, 0) is 4.79 Å². The number of allylic oxidation sites excluding steroid dienone is 5. The minimum absolute atomic E-state index is 0.0713. The summed E-state index contributed by atoms with van der Waals surface area (Å²) in [5, 5.41) is 11.1. The fourth-order valence-electron chi connectivity index (χ4n) is 2.40. The number of carboxylic acid groups (broad SMARTS) is 1. The van der Waals surface area contributed by atoms with Gasteiger partial charge in [-0.1, -0.05) is 17.7 Å². The topological polar surface area (TPSA) is 40.1 Å². The summed E-state index contributed by atoms with van der Waals surface area (Å²) < 4.78 is 89.3. The van der Waals surface area contributed by atoms with Crippen molar-refractivity contribution in [2.75, 3.05) is 0 Å². The molecule has 0 amide bonds. The number of rotatable bonds is 6. The maximum absolute atomic E-state index is 14.4. The van der Waals surface area contributed by atoms with Crippen LogP contribution in [0.3, 0.4) is 0 Å². The van der Waals surface area contributed by atoms with Gasteiger partial charge in [0.15, 0.2) is 0 Å². The maximum Gasteiger partial charge on any atom is 0.427 e. The average Bonchev–Trinajstić information content (AvgIpc) is 2.38. The van der Waals surface area contributed by atoms with E-state index in [1.165, 1.54) is 28.7 Å². The number of carboxylic acids is 1. The van der Waals surface area contributed by atoms with Gasteiger partial charge >= 0.3 is 12.4 Å². The quantitative estimate of drug-likeness (QED) is 0.240. The Bertz CT molecular complexity index is 590. The number of aliphatic carboxylic acids is 1. The normalized spacial score (nSPS) is 25.0. The molecule has 1 rings (SSSR count). The van der Waals surface area contributed by atoms with Crippen molar-refractivity contribution < 1.29 is 40.6 Å². The second kappa shape index (κ2) is 8.09. The van der Waals surface area contributed by atoms with Gasteiger partial charge in [0.25, 0.3) is 0 Å². The third-order valence-electron chi connectivity index (χ3n) is 3.48. The fourth-order valence-corrected chi connectivity index (χ4v) is 3.25. The van der Waals surface area contributed by atoms with Crippen LogP contribution in [-0.4, -0.2) is 24.0 Å². The Balaban J connectivity index is 2.84. The van der Waals surface area contributed by atoms with Gasteiger partial charge in [-0.25, -0.2) is 4.39 Å². The number of hydrogen-bond acceptors (Lipinski definition) is 2. The Morgan fingerprint density at radius 1 is 1.24 bits per heavy atom. The molecule has 1 aliphatic carbocycles. The Labute approximate surface area is 152 Å². The molecule has 0 spiro atoms. The zero-order chi connectivity index (χ0) is 19.5. The number of hydrogen-bond donors (Lipinski definition) is 0. The van der Waals surface area contributed by atoms with Crippen molar-refractivity contribution >= 4 is 28.6 Å². The van der Waals surface area contributed by atoms with Gasteiger partial charge in [-0.2, -0.15) is 26.3 Å². The summed E-state index contributed by atoms with van der Waals surface area (Å²) in [6, 6.07) is 0. The van der Waals surface area contributed by atoms with Gasteiger partial charge < -0.3 is 9.90 Å². The lowest BCUT2D eigenvalue weighted by molar-refractivity contribution is -0.321. The van der Waals surface area contributed by atoms with Crippen molar-refractivity contribution in [1.29, 1.82) is 0 Å². The predicted molar refractivity (Wildman–Crippen MR) is 82.2 cm³/mol. The number of unbranched alkanes of at least 4 members (excludes halogenated alkanes) is 1. The molecule has 1 aliphatic rings. The first-order valence-electron chi connectivity index (χ1n) is 7.05. The van der Waals surface area contributed by atoms with Crippen molar-refractivity contribution in [2.45, 2.75) is 43.7 Å². The first-order chi connectivity index (χ1) is 11.3. The molecule has 2 unspecified atom stereocenters. The summed E-state index contributed by atoms with van der Waals surface area (Å²) >= 11 is 1.45. The number of carbonyl (C=O) groups is 1. The molecule has 0 N–H and O–H groups in total. The van der Waals surface area contributed by atoms with Crippen molar-refractivity contribution in [1.82, 2.24) is 0 Å². The third kappa shape index (κ3) is 6.00. The Hall–Kier alpha value is -1.07. The van der Waals surface area contributed by atoms with Crippen LogP contribution in [0.1, 0.15) is 25.7 Å². The summed E-state index contributed by atoms with van der Waals surface area (Å²) in [5.74, 6) is -4.72. The molecular formula is C15H13F7IO2-. The van der Waals surface area contributed by atoms with Crippen LogP contribution in [0, 0.1) is 5.92 Å². The number of halogens is 8. The van der Waals surface area contributed by atoms with Crippen LogP contribution in [0.4, 0.5) is 30.7 Å². The minimum Gasteiger partial charge on any atom is -0.549 e. The molecule has 2 nitrogen and oxygen atoms in total. The molecular weight excluding hydrogens is 472 g/mol. The molecule has 0 radical (unpaired) electrons. The van der Waals surface area contributed by atoms with Gasteiger partial charge in [0.2, 0.25) is 5.67 Å².